The summed E-state index contributed by atoms with van der Waals surface area (Å²) in [4.78, 5) is 19.9. The lowest BCUT2D eigenvalue weighted by Gasteiger charge is -2.13. The van der Waals surface area contributed by atoms with Crippen LogP contribution in [0.5, 0.6) is 0 Å². The van der Waals surface area contributed by atoms with E-state index in [1.165, 1.54) is 6.33 Å². The van der Waals surface area contributed by atoms with E-state index in [9.17, 15) is 4.79 Å². The molecule has 0 spiro atoms. The Hall–Kier alpha value is -2.23. The molecule has 0 aliphatic heterocycles. The SMILES string of the molecule is Cc1cc(C(=O)NC(C)c2ccccc2)ncn1. The number of nitrogens with zero attached hydrogens (tertiary/aromatic N) is 2. The van der Waals surface area contributed by atoms with E-state index in [1.54, 1.807) is 6.07 Å². The van der Waals surface area contributed by atoms with Crippen LogP contribution in [0.4, 0.5) is 0 Å². The summed E-state index contributed by atoms with van der Waals surface area (Å²) in [6, 6.07) is 11.4. The van der Waals surface area contributed by atoms with E-state index in [4.69, 9.17) is 0 Å². The van der Waals surface area contributed by atoms with Gasteiger partial charge in [0.1, 0.15) is 12.0 Å². The van der Waals surface area contributed by atoms with Crippen molar-refractivity contribution in [3.05, 3.63) is 59.7 Å². The summed E-state index contributed by atoms with van der Waals surface area (Å²) in [5.41, 5.74) is 2.24. The van der Waals surface area contributed by atoms with Crippen LogP contribution in [0, 0.1) is 6.92 Å². The summed E-state index contributed by atoms with van der Waals surface area (Å²) in [5.74, 6) is -0.183. The molecule has 0 aliphatic carbocycles. The number of hydrogen-bond acceptors (Lipinski definition) is 3. The lowest BCUT2D eigenvalue weighted by atomic mass is 10.1. The number of carbonyl (C=O) groups excluding carboxylic acids is 1. The van der Waals surface area contributed by atoms with Gasteiger partial charge < -0.3 is 5.32 Å². The van der Waals surface area contributed by atoms with Gasteiger partial charge in [0.25, 0.3) is 5.91 Å². The first-order valence-corrected chi connectivity index (χ1v) is 5.81. The zero-order valence-corrected chi connectivity index (χ0v) is 10.4. The molecule has 2 rings (SSSR count). The minimum Gasteiger partial charge on any atom is -0.344 e. The first-order chi connectivity index (χ1) is 8.66. The van der Waals surface area contributed by atoms with Crippen LogP contribution < -0.4 is 5.32 Å². The van der Waals surface area contributed by atoms with Crippen molar-refractivity contribution in [3.63, 3.8) is 0 Å². The Kier molecular flexibility index (Phi) is 3.67. The molecule has 1 amide bonds. The molecular weight excluding hydrogens is 226 g/mol. The van der Waals surface area contributed by atoms with E-state index in [1.807, 2.05) is 44.2 Å². The molecule has 0 aliphatic rings. The predicted molar refractivity (Wildman–Crippen MR) is 69.1 cm³/mol. The minimum absolute atomic E-state index is 0.0472. The van der Waals surface area contributed by atoms with Crippen LogP contribution in [-0.2, 0) is 0 Å². The second-order valence-corrected chi connectivity index (χ2v) is 4.15. The number of rotatable bonds is 3. The summed E-state index contributed by atoms with van der Waals surface area (Å²) >= 11 is 0. The Morgan fingerprint density at radius 2 is 1.94 bits per heavy atom. The van der Waals surface area contributed by atoms with Gasteiger partial charge in [-0.3, -0.25) is 4.79 Å². The van der Waals surface area contributed by atoms with Crippen LogP contribution in [0.1, 0.15) is 34.7 Å². The van der Waals surface area contributed by atoms with Crippen molar-refractivity contribution in [2.75, 3.05) is 0 Å². The summed E-state index contributed by atoms with van der Waals surface area (Å²) in [5, 5.41) is 2.91. The fourth-order valence-corrected chi connectivity index (χ4v) is 1.67. The van der Waals surface area contributed by atoms with Gasteiger partial charge in [0.05, 0.1) is 6.04 Å². The standard InChI is InChI=1S/C14H15N3O/c1-10-8-13(16-9-15-10)14(18)17-11(2)12-6-4-3-5-7-12/h3-9,11H,1-2H3,(H,17,18). The molecule has 4 nitrogen and oxygen atoms in total. The van der Waals surface area contributed by atoms with E-state index in [0.717, 1.165) is 11.3 Å². The van der Waals surface area contributed by atoms with E-state index < -0.39 is 0 Å². The van der Waals surface area contributed by atoms with Crippen molar-refractivity contribution in [1.82, 2.24) is 15.3 Å². The maximum Gasteiger partial charge on any atom is 0.270 e. The molecule has 4 heteroatoms. The fourth-order valence-electron chi connectivity index (χ4n) is 1.67. The fraction of sp³-hybridized carbons (Fsp3) is 0.214. The van der Waals surface area contributed by atoms with Crippen LogP contribution in [0.25, 0.3) is 0 Å². The molecule has 1 aromatic heterocycles. The zero-order chi connectivity index (χ0) is 13.0. The highest BCUT2D eigenvalue weighted by atomic mass is 16.1. The van der Waals surface area contributed by atoms with Crippen molar-refractivity contribution in [2.45, 2.75) is 19.9 Å². The number of hydrogen-bond donors (Lipinski definition) is 1. The van der Waals surface area contributed by atoms with Gasteiger partial charge in [0, 0.05) is 5.69 Å². The van der Waals surface area contributed by atoms with Gasteiger partial charge in [-0.25, -0.2) is 9.97 Å². The normalized spacial score (nSPS) is 11.9. The summed E-state index contributed by atoms with van der Waals surface area (Å²) in [6.45, 7) is 3.78. The zero-order valence-electron chi connectivity index (χ0n) is 10.4. The average Bonchev–Trinajstić information content (AvgIpc) is 2.39. The van der Waals surface area contributed by atoms with Crippen LogP contribution in [0.3, 0.4) is 0 Å². The lowest BCUT2D eigenvalue weighted by Crippen LogP contribution is -2.27. The molecule has 0 saturated carbocycles. The van der Waals surface area contributed by atoms with Gasteiger partial charge in [-0.2, -0.15) is 0 Å². The highest BCUT2D eigenvalue weighted by Gasteiger charge is 2.12. The third-order valence-corrected chi connectivity index (χ3v) is 2.68. The summed E-state index contributed by atoms with van der Waals surface area (Å²) in [7, 11) is 0. The van der Waals surface area contributed by atoms with Crippen molar-refractivity contribution >= 4 is 5.91 Å². The largest absolute Gasteiger partial charge is 0.344 e. The molecule has 1 atom stereocenters. The molecular formula is C14H15N3O. The second kappa shape index (κ2) is 5.40. The molecule has 0 saturated heterocycles. The number of benzene rings is 1. The Morgan fingerprint density at radius 3 is 2.61 bits per heavy atom. The van der Waals surface area contributed by atoms with E-state index >= 15 is 0 Å². The molecule has 1 N–H and O–H groups in total. The van der Waals surface area contributed by atoms with Crippen LogP contribution in [0.15, 0.2) is 42.7 Å². The van der Waals surface area contributed by atoms with Gasteiger partial charge in [0.15, 0.2) is 0 Å². The highest BCUT2D eigenvalue weighted by Crippen LogP contribution is 2.11. The van der Waals surface area contributed by atoms with E-state index in [0.29, 0.717) is 5.69 Å². The number of carbonyl (C=O) groups is 1. The third-order valence-electron chi connectivity index (χ3n) is 2.68. The maximum absolute atomic E-state index is 12.0. The van der Waals surface area contributed by atoms with Crippen molar-refractivity contribution in [3.8, 4) is 0 Å². The third kappa shape index (κ3) is 2.91. The molecule has 0 bridgehead atoms. The smallest absolute Gasteiger partial charge is 0.270 e. The Labute approximate surface area is 106 Å². The maximum atomic E-state index is 12.0. The molecule has 1 aromatic carbocycles. The first kappa shape index (κ1) is 12.2. The molecule has 18 heavy (non-hydrogen) atoms. The van der Waals surface area contributed by atoms with Crippen LogP contribution in [-0.4, -0.2) is 15.9 Å². The Morgan fingerprint density at radius 1 is 1.22 bits per heavy atom. The predicted octanol–water partition coefficient (Wildman–Crippen LogP) is 2.28. The molecule has 0 radical (unpaired) electrons. The molecule has 1 heterocycles. The monoisotopic (exact) mass is 241 g/mol. The molecule has 0 fully saturated rings. The average molecular weight is 241 g/mol. The Balaban J connectivity index is 2.08. The second-order valence-electron chi connectivity index (χ2n) is 4.15. The van der Waals surface area contributed by atoms with Gasteiger partial charge in [0.2, 0.25) is 0 Å². The quantitative estimate of drug-likeness (QED) is 0.896. The van der Waals surface area contributed by atoms with Crippen molar-refractivity contribution in [2.24, 2.45) is 0 Å². The number of aryl methyl sites for hydroxylation is 1. The molecule has 2 aromatic rings. The molecule has 1 unspecified atom stereocenters. The topological polar surface area (TPSA) is 54.9 Å². The van der Waals surface area contributed by atoms with Crippen LogP contribution in [0.2, 0.25) is 0 Å². The summed E-state index contributed by atoms with van der Waals surface area (Å²) < 4.78 is 0. The first-order valence-electron chi connectivity index (χ1n) is 5.81. The Bertz CT molecular complexity index is 540. The van der Waals surface area contributed by atoms with Gasteiger partial charge in [-0.1, -0.05) is 30.3 Å². The number of amides is 1. The van der Waals surface area contributed by atoms with E-state index in [-0.39, 0.29) is 11.9 Å². The lowest BCUT2D eigenvalue weighted by molar-refractivity contribution is 0.0934. The van der Waals surface area contributed by atoms with E-state index in [2.05, 4.69) is 15.3 Å². The van der Waals surface area contributed by atoms with Gasteiger partial charge >= 0.3 is 0 Å². The number of nitrogens with one attached hydrogen (secondary N) is 1. The van der Waals surface area contributed by atoms with Gasteiger partial charge in [-0.15, -0.1) is 0 Å². The highest BCUT2D eigenvalue weighted by molar-refractivity contribution is 5.92. The van der Waals surface area contributed by atoms with Crippen LogP contribution >= 0.6 is 0 Å². The number of aromatic nitrogens is 2. The van der Waals surface area contributed by atoms with Crippen molar-refractivity contribution < 1.29 is 4.79 Å². The summed E-state index contributed by atoms with van der Waals surface area (Å²) in [6.07, 6.45) is 1.40. The van der Waals surface area contributed by atoms with Crippen molar-refractivity contribution in [1.29, 1.82) is 0 Å². The van der Waals surface area contributed by atoms with Gasteiger partial charge in [-0.05, 0) is 25.5 Å². The molecule has 92 valence electrons. The minimum atomic E-state index is -0.183.